The Hall–Kier alpha value is -0.120. The fraction of sp³-hybridized carbons (Fsp3) is 1.00. The summed E-state index contributed by atoms with van der Waals surface area (Å²) in [6.45, 7) is 25.5. The lowest BCUT2D eigenvalue weighted by molar-refractivity contribution is 0.0872. The summed E-state index contributed by atoms with van der Waals surface area (Å²) >= 11 is 0. The lowest BCUT2D eigenvalue weighted by Crippen LogP contribution is -2.48. The minimum Gasteiger partial charge on any atom is -0.310 e. The predicted octanol–water partition coefficient (Wildman–Crippen LogP) is 5.15. The molecule has 2 atom stereocenters. The summed E-state index contributed by atoms with van der Waals surface area (Å²) in [5.74, 6) is 0. The van der Waals surface area contributed by atoms with Crippen molar-refractivity contribution in [1.82, 2.24) is 15.1 Å². The van der Waals surface area contributed by atoms with Gasteiger partial charge in [-0.1, -0.05) is 6.92 Å². The molecule has 0 heterocycles. The van der Waals surface area contributed by atoms with Crippen molar-refractivity contribution in [2.24, 2.45) is 0 Å². The summed E-state index contributed by atoms with van der Waals surface area (Å²) in [6, 6.07) is 1.85. The van der Waals surface area contributed by atoms with Gasteiger partial charge < -0.3 is 10.2 Å². The first-order valence-corrected chi connectivity index (χ1v) is 10.5. The zero-order chi connectivity index (χ0) is 19.8. The Labute approximate surface area is 159 Å². The number of rotatable bonds is 12. The van der Waals surface area contributed by atoms with Gasteiger partial charge in [0, 0.05) is 29.2 Å². The molecule has 0 aliphatic carbocycles. The summed E-state index contributed by atoms with van der Waals surface area (Å²) < 4.78 is 0. The van der Waals surface area contributed by atoms with Crippen LogP contribution in [0.3, 0.4) is 0 Å². The van der Waals surface area contributed by atoms with Gasteiger partial charge in [-0.15, -0.1) is 0 Å². The first-order chi connectivity index (χ1) is 11.3. The van der Waals surface area contributed by atoms with Gasteiger partial charge in [0.1, 0.15) is 0 Å². The minimum atomic E-state index is 0.199. The zero-order valence-corrected chi connectivity index (χ0v) is 19.4. The van der Waals surface area contributed by atoms with Crippen LogP contribution in [0, 0.1) is 0 Å². The van der Waals surface area contributed by atoms with Gasteiger partial charge in [-0.3, -0.25) is 4.90 Å². The van der Waals surface area contributed by atoms with E-state index in [1.807, 2.05) is 0 Å². The molecule has 3 heteroatoms. The summed E-state index contributed by atoms with van der Waals surface area (Å²) in [6.07, 6.45) is 5.01. The van der Waals surface area contributed by atoms with Gasteiger partial charge in [-0.25, -0.2) is 0 Å². The predicted molar refractivity (Wildman–Crippen MR) is 115 cm³/mol. The average Bonchev–Trinajstić information content (AvgIpc) is 2.46. The summed E-state index contributed by atoms with van der Waals surface area (Å²) in [5.41, 5.74) is 0.444. The van der Waals surface area contributed by atoms with Crippen LogP contribution in [-0.4, -0.2) is 59.1 Å². The monoisotopic (exact) mass is 355 g/mol. The lowest BCUT2D eigenvalue weighted by Gasteiger charge is -2.41. The maximum Gasteiger partial charge on any atom is 0.0153 e. The third kappa shape index (κ3) is 10.6. The largest absolute Gasteiger partial charge is 0.310 e. The fourth-order valence-corrected chi connectivity index (χ4v) is 3.72. The fourth-order valence-electron chi connectivity index (χ4n) is 3.72. The maximum atomic E-state index is 3.70. The molecule has 0 spiro atoms. The molecule has 152 valence electrons. The molecule has 0 aromatic heterocycles. The van der Waals surface area contributed by atoms with Crippen LogP contribution in [0.1, 0.15) is 94.9 Å². The highest BCUT2D eigenvalue weighted by atomic mass is 15.2. The van der Waals surface area contributed by atoms with E-state index in [-0.39, 0.29) is 11.1 Å². The molecule has 0 aliphatic rings. The molecule has 25 heavy (non-hydrogen) atoms. The van der Waals surface area contributed by atoms with Crippen LogP contribution in [0.5, 0.6) is 0 Å². The van der Waals surface area contributed by atoms with Gasteiger partial charge in [-0.05, 0) is 108 Å². The quantitative estimate of drug-likeness (QED) is 0.522. The molecule has 2 unspecified atom stereocenters. The average molecular weight is 356 g/mol. The van der Waals surface area contributed by atoms with Gasteiger partial charge in [0.05, 0.1) is 0 Å². The van der Waals surface area contributed by atoms with E-state index in [9.17, 15) is 0 Å². The molecule has 0 rings (SSSR count). The van der Waals surface area contributed by atoms with Gasteiger partial charge in [0.15, 0.2) is 0 Å². The first kappa shape index (κ1) is 24.9. The summed E-state index contributed by atoms with van der Waals surface area (Å²) in [4.78, 5) is 5.17. The van der Waals surface area contributed by atoms with Crippen LogP contribution in [0.25, 0.3) is 0 Å². The molecule has 3 nitrogen and oxygen atoms in total. The third-order valence-corrected chi connectivity index (χ3v) is 5.69. The van der Waals surface area contributed by atoms with E-state index in [1.165, 1.54) is 32.2 Å². The Bertz CT molecular complexity index is 344. The number of hydrogen-bond acceptors (Lipinski definition) is 3. The van der Waals surface area contributed by atoms with E-state index in [1.54, 1.807) is 0 Å². The van der Waals surface area contributed by atoms with Crippen molar-refractivity contribution < 1.29 is 0 Å². The van der Waals surface area contributed by atoms with Gasteiger partial charge >= 0.3 is 0 Å². The second-order valence-corrected chi connectivity index (χ2v) is 9.97. The van der Waals surface area contributed by atoms with Gasteiger partial charge in [0.2, 0.25) is 0 Å². The van der Waals surface area contributed by atoms with Crippen LogP contribution in [-0.2, 0) is 0 Å². The number of nitrogens with zero attached hydrogens (tertiary/aromatic N) is 2. The van der Waals surface area contributed by atoms with Crippen LogP contribution < -0.4 is 5.32 Å². The molecular weight excluding hydrogens is 306 g/mol. The SMILES string of the molecule is CCN(CCCC(C)N(C)C(C)(C)CCC(C)NC(C)(C)C)C(C)C. The van der Waals surface area contributed by atoms with Gasteiger partial charge in [-0.2, -0.15) is 0 Å². The Kier molecular flexibility index (Phi) is 10.8. The van der Waals surface area contributed by atoms with Crippen LogP contribution in [0.15, 0.2) is 0 Å². The highest BCUT2D eigenvalue weighted by Gasteiger charge is 2.28. The van der Waals surface area contributed by atoms with E-state index in [0.29, 0.717) is 18.1 Å². The van der Waals surface area contributed by atoms with Crippen molar-refractivity contribution >= 4 is 0 Å². The van der Waals surface area contributed by atoms with E-state index >= 15 is 0 Å². The van der Waals surface area contributed by atoms with Crippen molar-refractivity contribution in [3.63, 3.8) is 0 Å². The molecule has 0 amide bonds. The lowest BCUT2D eigenvalue weighted by atomic mass is 9.91. The number of nitrogens with one attached hydrogen (secondary N) is 1. The Morgan fingerprint density at radius 3 is 1.92 bits per heavy atom. The van der Waals surface area contributed by atoms with Crippen molar-refractivity contribution in [3.05, 3.63) is 0 Å². The standard InChI is InChI=1S/C22H49N3/c1-12-25(18(2)3)17-13-14-20(5)24(11)22(9,10)16-15-19(4)23-21(6,7)8/h18-20,23H,12-17H2,1-11H3. The van der Waals surface area contributed by atoms with E-state index in [4.69, 9.17) is 0 Å². The van der Waals surface area contributed by atoms with Crippen LogP contribution in [0.4, 0.5) is 0 Å². The normalized spacial score (nSPS) is 16.1. The molecule has 0 saturated carbocycles. The Morgan fingerprint density at radius 2 is 1.48 bits per heavy atom. The van der Waals surface area contributed by atoms with Crippen molar-refractivity contribution in [2.45, 2.75) is 124 Å². The molecule has 0 bridgehead atoms. The molecule has 0 aliphatic heterocycles. The van der Waals surface area contributed by atoms with E-state index in [0.717, 1.165) is 6.54 Å². The van der Waals surface area contributed by atoms with Crippen molar-refractivity contribution in [2.75, 3.05) is 20.1 Å². The molecular formula is C22H49N3. The summed E-state index contributed by atoms with van der Waals surface area (Å²) in [5, 5.41) is 3.70. The molecule has 1 N–H and O–H groups in total. The minimum absolute atomic E-state index is 0.199. The van der Waals surface area contributed by atoms with Gasteiger partial charge in [0.25, 0.3) is 0 Å². The van der Waals surface area contributed by atoms with Crippen LogP contribution >= 0.6 is 0 Å². The van der Waals surface area contributed by atoms with E-state index in [2.05, 4.69) is 91.4 Å². The number of hydrogen-bond donors (Lipinski definition) is 1. The topological polar surface area (TPSA) is 18.5 Å². The maximum absolute atomic E-state index is 3.70. The Morgan fingerprint density at radius 1 is 0.920 bits per heavy atom. The second-order valence-electron chi connectivity index (χ2n) is 9.97. The van der Waals surface area contributed by atoms with Crippen LogP contribution in [0.2, 0.25) is 0 Å². The van der Waals surface area contributed by atoms with Crippen molar-refractivity contribution in [1.29, 1.82) is 0 Å². The zero-order valence-electron chi connectivity index (χ0n) is 19.4. The smallest absolute Gasteiger partial charge is 0.0153 e. The molecule has 0 saturated heterocycles. The summed E-state index contributed by atoms with van der Waals surface area (Å²) in [7, 11) is 2.31. The van der Waals surface area contributed by atoms with Crippen molar-refractivity contribution in [3.8, 4) is 0 Å². The molecule has 0 fully saturated rings. The first-order valence-electron chi connectivity index (χ1n) is 10.5. The molecule has 0 radical (unpaired) electrons. The third-order valence-electron chi connectivity index (χ3n) is 5.69. The second kappa shape index (κ2) is 10.9. The highest BCUT2D eigenvalue weighted by molar-refractivity contribution is 4.85. The molecule has 0 aromatic rings. The molecule has 0 aromatic carbocycles. The highest BCUT2D eigenvalue weighted by Crippen LogP contribution is 2.24. The van der Waals surface area contributed by atoms with E-state index < -0.39 is 0 Å². The Balaban J connectivity index is 4.36.